The summed E-state index contributed by atoms with van der Waals surface area (Å²) in [4.78, 5) is 0. The van der Waals surface area contributed by atoms with Crippen LogP contribution in [0.3, 0.4) is 0 Å². The van der Waals surface area contributed by atoms with Gasteiger partial charge in [0.2, 0.25) is 0 Å². The van der Waals surface area contributed by atoms with E-state index in [0.717, 1.165) is 19.4 Å². The molecule has 4 heteroatoms. The molecule has 0 aromatic heterocycles. The molecular formula is C15H23ClFNO. The Bertz CT molecular complexity index is 386. The summed E-state index contributed by atoms with van der Waals surface area (Å²) in [7, 11) is 1.71. The Labute approximate surface area is 120 Å². The van der Waals surface area contributed by atoms with Gasteiger partial charge in [-0.25, -0.2) is 4.39 Å². The molecule has 108 valence electrons. The Hall–Kier alpha value is -0.640. The van der Waals surface area contributed by atoms with E-state index in [0.29, 0.717) is 17.0 Å². The number of ether oxygens (including phenoxy) is 1. The molecule has 1 aromatic carbocycles. The van der Waals surface area contributed by atoms with Crippen molar-refractivity contribution in [3.8, 4) is 0 Å². The van der Waals surface area contributed by atoms with Gasteiger partial charge in [0.1, 0.15) is 5.82 Å². The van der Waals surface area contributed by atoms with Crippen LogP contribution in [0.2, 0.25) is 5.02 Å². The van der Waals surface area contributed by atoms with Crippen molar-refractivity contribution in [3.05, 3.63) is 34.6 Å². The van der Waals surface area contributed by atoms with Crippen LogP contribution in [-0.2, 0) is 11.2 Å². The van der Waals surface area contributed by atoms with Crippen molar-refractivity contribution in [1.29, 1.82) is 0 Å². The summed E-state index contributed by atoms with van der Waals surface area (Å²) < 4.78 is 19.0. The summed E-state index contributed by atoms with van der Waals surface area (Å²) >= 11 is 5.76. The van der Waals surface area contributed by atoms with Crippen LogP contribution in [0.1, 0.15) is 32.3 Å². The minimum absolute atomic E-state index is 0.227. The average molecular weight is 288 g/mol. The van der Waals surface area contributed by atoms with Gasteiger partial charge in [0.05, 0.1) is 6.10 Å². The number of likely N-dealkylation sites (N-methyl/N-ethyl adjacent to an activating group) is 1. The number of halogens is 2. The molecule has 0 radical (unpaired) electrons. The minimum Gasteiger partial charge on any atom is -0.382 e. The van der Waals surface area contributed by atoms with Gasteiger partial charge in [-0.2, -0.15) is 0 Å². The first-order valence-electron chi connectivity index (χ1n) is 6.76. The van der Waals surface area contributed by atoms with Crippen LogP contribution in [-0.4, -0.2) is 25.8 Å². The lowest BCUT2D eigenvalue weighted by molar-refractivity contribution is 0.106. The predicted octanol–water partition coefficient (Wildman–Crippen LogP) is 3.81. The summed E-state index contributed by atoms with van der Waals surface area (Å²) in [6.45, 7) is 4.98. The molecule has 0 fully saturated rings. The van der Waals surface area contributed by atoms with Gasteiger partial charge in [-0.1, -0.05) is 24.6 Å². The van der Waals surface area contributed by atoms with Gasteiger partial charge in [0.15, 0.2) is 0 Å². The Kier molecular flexibility index (Phi) is 7.36. The lowest BCUT2D eigenvalue weighted by Gasteiger charge is -2.20. The van der Waals surface area contributed by atoms with E-state index in [-0.39, 0.29) is 18.0 Å². The number of benzene rings is 1. The predicted molar refractivity (Wildman–Crippen MR) is 78.3 cm³/mol. The number of nitrogens with one attached hydrogen (secondary N) is 1. The van der Waals surface area contributed by atoms with Gasteiger partial charge in [0, 0.05) is 18.2 Å². The molecule has 1 rings (SSSR count). The van der Waals surface area contributed by atoms with Crippen molar-refractivity contribution in [1.82, 2.24) is 5.32 Å². The van der Waals surface area contributed by atoms with Crippen molar-refractivity contribution in [2.45, 2.75) is 45.3 Å². The zero-order valence-electron chi connectivity index (χ0n) is 11.9. The SMILES string of the molecule is CCNC(CCC(C)OC)Cc1ccc(Cl)cc1F. The second-order valence-corrected chi connectivity index (χ2v) is 5.25. The molecule has 1 aromatic rings. The molecule has 0 spiro atoms. The lowest BCUT2D eigenvalue weighted by Crippen LogP contribution is -2.32. The fraction of sp³-hybridized carbons (Fsp3) is 0.600. The van der Waals surface area contributed by atoms with Crippen LogP contribution in [0, 0.1) is 5.82 Å². The van der Waals surface area contributed by atoms with E-state index >= 15 is 0 Å². The third kappa shape index (κ3) is 5.89. The third-order valence-corrected chi connectivity index (χ3v) is 3.53. The molecule has 0 amide bonds. The van der Waals surface area contributed by atoms with E-state index in [1.807, 2.05) is 6.92 Å². The van der Waals surface area contributed by atoms with Crippen LogP contribution >= 0.6 is 11.6 Å². The molecule has 2 nitrogen and oxygen atoms in total. The van der Waals surface area contributed by atoms with Gasteiger partial charge in [-0.3, -0.25) is 0 Å². The molecule has 2 unspecified atom stereocenters. The molecule has 0 saturated carbocycles. The molecular weight excluding hydrogens is 265 g/mol. The lowest BCUT2D eigenvalue weighted by atomic mass is 10.00. The van der Waals surface area contributed by atoms with Gasteiger partial charge in [-0.05, 0) is 50.4 Å². The van der Waals surface area contributed by atoms with Crippen molar-refractivity contribution in [3.63, 3.8) is 0 Å². The first-order chi connectivity index (χ1) is 9.06. The Morgan fingerprint density at radius 1 is 1.37 bits per heavy atom. The van der Waals surface area contributed by atoms with E-state index in [2.05, 4.69) is 12.2 Å². The average Bonchev–Trinajstić information content (AvgIpc) is 2.38. The summed E-state index contributed by atoms with van der Waals surface area (Å²) in [5.74, 6) is -0.227. The van der Waals surface area contributed by atoms with Gasteiger partial charge in [-0.15, -0.1) is 0 Å². The van der Waals surface area contributed by atoms with Gasteiger partial charge < -0.3 is 10.1 Å². The zero-order chi connectivity index (χ0) is 14.3. The Balaban J connectivity index is 2.61. The molecule has 0 saturated heterocycles. The quantitative estimate of drug-likeness (QED) is 0.785. The van der Waals surface area contributed by atoms with Crippen LogP contribution in [0.25, 0.3) is 0 Å². The number of methoxy groups -OCH3 is 1. The fourth-order valence-corrected chi connectivity index (χ4v) is 2.23. The molecule has 1 N–H and O–H groups in total. The van der Waals surface area contributed by atoms with Crippen molar-refractivity contribution in [2.75, 3.05) is 13.7 Å². The maximum Gasteiger partial charge on any atom is 0.127 e. The van der Waals surface area contributed by atoms with Gasteiger partial charge in [0.25, 0.3) is 0 Å². The Morgan fingerprint density at radius 2 is 2.11 bits per heavy atom. The normalized spacial score (nSPS) is 14.4. The zero-order valence-corrected chi connectivity index (χ0v) is 12.6. The van der Waals surface area contributed by atoms with E-state index < -0.39 is 0 Å². The third-order valence-electron chi connectivity index (χ3n) is 3.30. The topological polar surface area (TPSA) is 21.3 Å². The number of hydrogen-bond donors (Lipinski definition) is 1. The standard InChI is InChI=1S/C15H23ClFNO/c1-4-18-14(8-5-11(2)19-3)9-12-6-7-13(16)10-15(12)17/h6-7,10-11,14,18H,4-5,8-9H2,1-3H3. The summed E-state index contributed by atoms with van der Waals surface area (Å²) in [5, 5.41) is 3.84. The molecule has 0 heterocycles. The van der Waals surface area contributed by atoms with Crippen LogP contribution in [0.15, 0.2) is 18.2 Å². The molecule has 19 heavy (non-hydrogen) atoms. The largest absolute Gasteiger partial charge is 0.382 e. The van der Waals surface area contributed by atoms with E-state index in [9.17, 15) is 4.39 Å². The first-order valence-corrected chi connectivity index (χ1v) is 7.14. The minimum atomic E-state index is -0.227. The Morgan fingerprint density at radius 3 is 2.68 bits per heavy atom. The van der Waals surface area contributed by atoms with E-state index in [4.69, 9.17) is 16.3 Å². The summed E-state index contributed by atoms with van der Waals surface area (Å²) in [6.07, 6.45) is 2.83. The first kappa shape index (κ1) is 16.4. The summed E-state index contributed by atoms with van der Waals surface area (Å²) in [6, 6.07) is 5.14. The highest BCUT2D eigenvalue weighted by Gasteiger charge is 2.13. The second-order valence-electron chi connectivity index (χ2n) is 4.82. The monoisotopic (exact) mass is 287 g/mol. The van der Waals surface area contributed by atoms with E-state index in [1.54, 1.807) is 19.2 Å². The fourth-order valence-electron chi connectivity index (χ4n) is 2.07. The molecule has 0 bridgehead atoms. The molecule has 2 atom stereocenters. The number of hydrogen-bond acceptors (Lipinski definition) is 2. The van der Waals surface area contributed by atoms with Crippen molar-refractivity contribution in [2.24, 2.45) is 0 Å². The highest BCUT2D eigenvalue weighted by molar-refractivity contribution is 6.30. The van der Waals surface area contributed by atoms with E-state index in [1.165, 1.54) is 6.07 Å². The van der Waals surface area contributed by atoms with Crippen molar-refractivity contribution >= 4 is 11.6 Å². The number of rotatable bonds is 8. The van der Waals surface area contributed by atoms with Crippen LogP contribution in [0.5, 0.6) is 0 Å². The van der Waals surface area contributed by atoms with Crippen LogP contribution in [0.4, 0.5) is 4.39 Å². The van der Waals surface area contributed by atoms with Crippen molar-refractivity contribution < 1.29 is 9.13 Å². The maximum atomic E-state index is 13.8. The molecule has 0 aliphatic rings. The molecule has 0 aliphatic carbocycles. The highest BCUT2D eigenvalue weighted by atomic mass is 35.5. The second kappa shape index (κ2) is 8.51. The smallest absolute Gasteiger partial charge is 0.127 e. The summed E-state index contributed by atoms with van der Waals surface area (Å²) in [5.41, 5.74) is 0.709. The maximum absolute atomic E-state index is 13.8. The van der Waals surface area contributed by atoms with Crippen LogP contribution < -0.4 is 5.32 Å². The highest BCUT2D eigenvalue weighted by Crippen LogP contribution is 2.17. The van der Waals surface area contributed by atoms with Gasteiger partial charge >= 0.3 is 0 Å². The molecule has 0 aliphatic heterocycles.